The van der Waals surface area contributed by atoms with Gasteiger partial charge in [-0.3, -0.25) is 4.90 Å². The van der Waals surface area contributed by atoms with Gasteiger partial charge in [-0.2, -0.15) is 0 Å². The van der Waals surface area contributed by atoms with Crippen LogP contribution in [0.4, 0.5) is 0 Å². The van der Waals surface area contributed by atoms with Crippen LogP contribution in [0.5, 0.6) is 0 Å². The van der Waals surface area contributed by atoms with Crippen molar-refractivity contribution in [3.05, 3.63) is 0 Å². The van der Waals surface area contributed by atoms with Crippen molar-refractivity contribution in [2.24, 2.45) is 5.41 Å². The first-order chi connectivity index (χ1) is 6.35. The number of likely N-dealkylation sites (tertiary alicyclic amines) is 1. The summed E-state index contributed by atoms with van der Waals surface area (Å²) in [5, 5.41) is 0. The average Bonchev–Trinajstić information content (AvgIpc) is 1.97. The predicted octanol–water partition coefficient (Wildman–Crippen LogP) is 0.745. The molecular weight excluding hydrogens is 166 g/mol. The number of nitrogens with zero attached hydrogens (tertiary/aromatic N) is 1. The number of hydrogen-bond acceptors (Lipinski definition) is 3. The van der Waals surface area contributed by atoms with Gasteiger partial charge in [0, 0.05) is 31.7 Å². The van der Waals surface area contributed by atoms with E-state index in [-0.39, 0.29) is 0 Å². The van der Waals surface area contributed by atoms with Gasteiger partial charge in [0.05, 0.1) is 19.8 Å². The molecule has 1 spiro atoms. The van der Waals surface area contributed by atoms with Crippen LogP contribution in [0.25, 0.3) is 0 Å². The molecule has 0 bridgehead atoms. The van der Waals surface area contributed by atoms with Gasteiger partial charge in [-0.15, -0.1) is 0 Å². The highest BCUT2D eigenvalue weighted by Crippen LogP contribution is 2.36. The van der Waals surface area contributed by atoms with Crippen LogP contribution < -0.4 is 0 Å². The third-order valence-electron chi connectivity index (χ3n) is 2.83. The summed E-state index contributed by atoms with van der Waals surface area (Å²) in [6, 6.07) is 0. The highest BCUT2D eigenvalue weighted by atomic mass is 16.5. The zero-order chi connectivity index (χ0) is 9.15. The maximum absolute atomic E-state index is 5.44. The molecule has 2 saturated heterocycles. The van der Waals surface area contributed by atoms with Crippen LogP contribution in [0, 0.1) is 5.41 Å². The zero-order valence-electron chi connectivity index (χ0n) is 8.42. The quantitative estimate of drug-likeness (QED) is 0.590. The SMILES string of the molecule is CCCOCCN1CC2(COC2)C1. The van der Waals surface area contributed by atoms with Gasteiger partial charge in [-0.05, 0) is 6.42 Å². The molecule has 0 radical (unpaired) electrons. The van der Waals surface area contributed by atoms with E-state index < -0.39 is 0 Å². The van der Waals surface area contributed by atoms with Crippen LogP contribution >= 0.6 is 0 Å². The lowest BCUT2D eigenvalue weighted by atomic mass is 9.78. The van der Waals surface area contributed by atoms with Crippen molar-refractivity contribution >= 4 is 0 Å². The molecule has 0 unspecified atom stereocenters. The molecule has 0 saturated carbocycles. The molecular formula is C10H19NO2. The molecule has 3 nitrogen and oxygen atoms in total. The van der Waals surface area contributed by atoms with E-state index in [0.717, 1.165) is 39.4 Å². The molecule has 0 atom stereocenters. The van der Waals surface area contributed by atoms with Crippen molar-refractivity contribution in [1.29, 1.82) is 0 Å². The summed E-state index contributed by atoms with van der Waals surface area (Å²) in [5.74, 6) is 0. The van der Waals surface area contributed by atoms with Crippen molar-refractivity contribution in [3.8, 4) is 0 Å². The van der Waals surface area contributed by atoms with E-state index in [9.17, 15) is 0 Å². The Hall–Kier alpha value is -0.120. The Morgan fingerprint density at radius 2 is 2.08 bits per heavy atom. The second-order valence-electron chi connectivity index (χ2n) is 4.32. The van der Waals surface area contributed by atoms with E-state index in [0.29, 0.717) is 5.41 Å². The van der Waals surface area contributed by atoms with Gasteiger partial charge in [-0.25, -0.2) is 0 Å². The Morgan fingerprint density at radius 3 is 2.62 bits per heavy atom. The molecule has 2 aliphatic rings. The first-order valence-electron chi connectivity index (χ1n) is 5.22. The molecule has 0 N–H and O–H groups in total. The summed E-state index contributed by atoms with van der Waals surface area (Å²) in [6.07, 6.45) is 1.12. The maximum Gasteiger partial charge on any atom is 0.0593 e. The summed E-state index contributed by atoms with van der Waals surface area (Å²) < 4.78 is 10.6. The lowest BCUT2D eigenvalue weighted by Crippen LogP contribution is -2.66. The second-order valence-corrected chi connectivity index (χ2v) is 4.32. The van der Waals surface area contributed by atoms with Gasteiger partial charge in [0.1, 0.15) is 0 Å². The van der Waals surface area contributed by atoms with Gasteiger partial charge in [0.15, 0.2) is 0 Å². The highest BCUT2D eigenvalue weighted by molar-refractivity contribution is 4.99. The molecule has 0 aromatic heterocycles. The first kappa shape index (κ1) is 9.44. The standard InChI is InChI=1S/C10H19NO2/c1-2-4-12-5-3-11-6-10(7-11)8-13-9-10/h2-9H2,1H3. The van der Waals surface area contributed by atoms with E-state index in [1.54, 1.807) is 0 Å². The number of ether oxygens (including phenoxy) is 2. The molecule has 2 heterocycles. The van der Waals surface area contributed by atoms with Gasteiger partial charge in [0.2, 0.25) is 0 Å². The number of hydrogen-bond donors (Lipinski definition) is 0. The second kappa shape index (κ2) is 3.95. The summed E-state index contributed by atoms with van der Waals surface area (Å²) in [7, 11) is 0. The molecule has 0 aliphatic carbocycles. The Morgan fingerprint density at radius 1 is 1.31 bits per heavy atom. The van der Waals surface area contributed by atoms with Crippen LogP contribution in [0.15, 0.2) is 0 Å². The fourth-order valence-electron chi connectivity index (χ4n) is 2.07. The lowest BCUT2D eigenvalue weighted by molar-refractivity contribution is -0.190. The van der Waals surface area contributed by atoms with Gasteiger partial charge >= 0.3 is 0 Å². The predicted molar refractivity (Wildman–Crippen MR) is 50.8 cm³/mol. The summed E-state index contributed by atoms with van der Waals surface area (Å²) >= 11 is 0. The average molecular weight is 185 g/mol. The van der Waals surface area contributed by atoms with Gasteiger partial charge in [0.25, 0.3) is 0 Å². The molecule has 0 amide bonds. The third-order valence-corrected chi connectivity index (χ3v) is 2.83. The first-order valence-corrected chi connectivity index (χ1v) is 5.22. The van der Waals surface area contributed by atoms with E-state index in [1.807, 2.05) is 0 Å². The summed E-state index contributed by atoms with van der Waals surface area (Å²) in [5.41, 5.74) is 0.560. The van der Waals surface area contributed by atoms with E-state index >= 15 is 0 Å². The molecule has 3 heteroatoms. The Labute approximate surface area is 80.0 Å². The molecule has 13 heavy (non-hydrogen) atoms. The monoisotopic (exact) mass is 185 g/mol. The van der Waals surface area contributed by atoms with Crippen molar-refractivity contribution in [1.82, 2.24) is 4.90 Å². The van der Waals surface area contributed by atoms with E-state index in [1.165, 1.54) is 13.1 Å². The molecule has 2 rings (SSSR count). The largest absolute Gasteiger partial charge is 0.380 e. The third kappa shape index (κ3) is 2.03. The molecule has 0 aromatic carbocycles. The fraction of sp³-hybridized carbons (Fsp3) is 1.00. The van der Waals surface area contributed by atoms with Crippen molar-refractivity contribution < 1.29 is 9.47 Å². The smallest absolute Gasteiger partial charge is 0.0593 e. The van der Waals surface area contributed by atoms with E-state index in [2.05, 4.69) is 11.8 Å². The lowest BCUT2D eigenvalue weighted by Gasteiger charge is -2.55. The molecule has 2 aliphatic heterocycles. The summed E-state index contributed by atoms with van der Waals surface area (Å²) in [4.78, 5) is 2.46. The molecule has 2 fully saturated rings. The molecule has 0 aromatic rings. The Bertz CT molecular complexity index is 160. The normalized spacial score (nSPS) is 25.6. The van der Waals surface area contributed by atoms with Gasteiger partial charge in [-0.1, -0.05) is 6.92 Å². The van der Waals surface area contributed by atoms with E-state index in [4.69, 9.17) is 9.47 Å². The van der Waals surface area contributed by atoms with Crippen molar-refractivity contribution in [3.63, 3.8) is 0 Å². The minimum Gasteiger partial charge on any atom is -0.380 e. The van der Waals surface area contributed by atoms with Gasteiger partial charge < -0.3 is 9.47 Å². The topological polar surface area (TPSA) is 21.7 Å². The number of rotatable bonds is 5. The zero-order valence-corrected chi connectivity index (χ0v) is 8.42. The van der Waals surface area contributed by atoms with Crippen LogP contribution in [-0.4, -0.2) is 51.0 Å². The van der Waals surface area contributed by atoms with Crippen LogP contribution in [-0.2, 0) is 9.47 Å². The Balaban J connectivity index is 1.49. The van der Waals surface area contributed by atoms with Crippen LogP contribution in [0.1, 0.15) is 13.3 Å². The van der Waals surface area contributed by atoms with Crippen molar-refractivity contribution in [2.75, 3.05) is 46.1 Å². The summed E-state index contributed by atoms with van der Waals surface area (Å²) in [6.45, 7) is 9.46. The Kier molecular flexibility index (Phi) is 2.86. The van der Waals surface area contributed by atoms with Crippen LogP contribution in [0.3, 0.4) is 0 Å². The fourth-order valence-corrected chi connectivity index (χ4v) is 2.07. The molecule has 76 valence electrons. The minimum absolute atomic E-state index is 0.560. The maximum atomic E-state index is 5.44. The minimum atomic E-state index is 0.560. The van der Waals surface area contributed by atoms with Crippen molar-refractivity contribution in [2.45, 2.75) is 13.3 Å². The van der Waals surface area contributed by atoms with Crippen LogP contribution in [0.2, 0.25) is 0 Å². The highest BCUT2D eigenvalue weighted by Gasteiger charge is 2.48.